The van der Waals surface area contributed by atoms with E-state index in [1.54, 1.807) is 0 Å². The Hall–Kier alpha value is -2.58. The van der Waals surface area contributed by atoms with E-state index in [0.717, 1.165) is 4.90 Å². The molecular weight excluding hydrogens is 272 g/mol. The minimum atomic E-state index is -1.50. The lowest BCUT2D eigenvalue weighted by Crippen LogP contribution is -2.39. The number of nitrogens with one attached hydrogen (secondary N) is 1. The normalized spacial score (nSPS) is 18.2. The number of aliphatic carboxylic acids is 2. The number of carboxylic acid groups (broad SMARTS) is 2. The molecule has 0 aromatic rings. The minimum Gasteiger partial charge on any atom is -0.480 e. The van der Waals surface area contributed by atoms with Gasteiger partial charge in [-0.05, 0) is 6.92 Å². The lowest BCUT2D eigenvalue weighted by molar-refractivity contribution is -0.147. The molecule has 1 atom stereocenters. The Morgan fingerprint density at radius 2 is 1.95 bits per heavy atom. The van der Waals surface area contributed by atoms with E-state index in [4.69, 9.17) is 14.9 Å². The molecule has 1 amide bonds. The van der Waals surface area contributed by atoms with Gasteiger partial charge in [-0.15, -0.1) is 0 Å². The highest BCUT2D eigenvalue weighted by molar-refractivity contribution is 6.12. The van der Waals surface area contributed by atoms with Crippen LogP contribution in [-0.4, -0.2) is 65.2 Å². The Balaban J connectivity index is 3.22. The first-order valence-corrected chi connectivity index (χ1v) is 5.68. The fourth-order valence-electron chi connectivity index (χ4n) is 1.79. The first-order chi connectivity index (χ1) is 9.31. The average molecular weight is 286 g/mol. The summed E-state index contributed by atoms with van der Waals surface area (Å²) in [5.41, 5.74) is -0.756. The summed E-state index contributed by atoms with van der Waals surface area (Å²) >= 11 is 0. The Morgan fingerprint density at radius 3 is 2.40 bits per heavy atom. The monoisotopic (exact) mass is 286 g/mol. The van der Waals surface area contributed by atoms with Gasteiger partial charge in [0.2, 0.25) is 0 Å². The minimum absolute atomic E-state index is 0.00120. The molecule has 9 heteroatoms. The molecule has 0 saturated carbocycles. The number of carboxylic acids is 2. The van der Waals surface area contributed by atoms with Crippen LogP contribution in [0.5, 0.6) is 0 Å². The highest BCUT2D eigenvalue weighted by atomic mass is 16.5. The van der Waals surface area contributed by atoms with Gasteiger partial charge in [0, 0.05) is 7.05 Å². The maximum atomic E-state index is 11.9. The van der Waals surface area contributed by atoms with Gasteiger partial charge in [0.25, 0.3) is 5.91 Å². The molecule has 1 unspecified atom stereocenters. The van der Waals surface area contributed by atoms with Gasteiger partial charge < -0.3 is 25.2 Å². The molecule has 0 radical (unpaired) electrons. The summed E-state index contributed by atoms with van der Waals surface area (Å²) < 4.78 is 4.71. The smallest absolute Gasteiger partial charge is 0.339 e. The summed E-state index contributed by atoms with van der Waals surface area (Å²) in [5.74, 6) is -4.40. The zero-order chi connectivity index (χ0) is 15.4. The predicted molar refractivity (Wildman–Crippen MR) is 63.5 cm³/mol. The van der Waals surface area contributed by atoms with Crippen molar-refractivity contribution in [3.05, 3.63) is 11.3 Å². The van der Waals surface area contributed by atoms with Crippen molar-refractivity contribution >= 4 is 23.8 Å². The highest BCUT2D eigenvalue weighted by Crippen LogP contribution is 2.24. The highest BCUT2D eigenvalue weighted by Gasteiger charge is 2.45. The third-order valence-corrected chi connectivity index (χ3v) is 2.61. The van der Waals surface area contributed by atoms with Gasteiger partial charge in [0.1, 0.15) is 12.2 Å². The number of likely N-dealkylation sites (N-methyl/N-ethyl adjacent to an activating group) is 1. The quantitative estimate of drug-likeness (QED) is 0.497. The van der Waals surface area contributed by atoms with Crippen LogP contribution in [0, 0.1) is 0 Å². The molecule has 0 fully saturated rings. The van der Waals surface area contributed by atoms with E-state index in [9.17, 15) is 19.2 Å². The Bertz CT molecular complexity index is 497. The summed E-state index contributed by atoms with van der Waals surface area (Å²) in [6, 6.07) is -1.50. The Morgan fingerprint density at radius 1 is 1.35 bits per heavy atom. The molecule has 1 rings (SSSR count). The van der Waals surface area contributed by atoms with Crippen LogP contribution in [0.2, 0.25) is 0 Å². The van der Waals surface area contributed by atoms with Crippen LogP contribution >= 0.6 is 0 Å². The number of rotatable bonds is 6. The van der Waals surface area contributed by atoms with Crippen molar-refractivity contribution in [3.8, 4) is 0 Å². The predicted octanol–water partition coefficient (Wildman–Crippen LogP) is -1.60. The zero-order valence-electron chi connectivity index (χ0n) is 10.9. The third kappa shape index (κ3) is 2.87. The van der Waals surface area contributed by atoms with E-state index < -0.39 is 42.0 Å². The number of hydrogen-bond acceptors (Lipinski definition) is 6. The van der Waals surface area contributed by atoms with Crippen LogP contribution < -0.4 is 5.32 Å². The van der Waals surface area contributed by atoms with Gasteiger partial charge in [0.15, 0.2) is 6.04 Å². The third-order valence-electron chi connectivity index (χ3n) is 2.61. The van der Waals surface area contributed by atoms with Crippen LogP contribution in [0.15, 0.2) is 11.3 Å². The van der Waals surface area contributed by atoms with Crippen molar-refractivity contribution in [1.29, 1.82) is 0 Å². The van der Waals surface area contributed by atoms with Crippen LogP contribution in [-0.2, 0) is 23.9 Å². The summed E-state index contributed by atoms with van der Waals surface area (Å²) in [7, 11) is 1.20. The second-order valence-electron chi connectivity index (χ2n) is 3.91. The Labute approximate surface area is 113 Å². The van der Waals surface area contributed by atoms with E-state index in [2.05, 4.69) is 5.32 Å². The molecule has 1 heterocycles. The van der Waals surface area contributed by atoms with Gasteiger partial charge in [0.05, 0.1) is 12.2 Å². The van der Waals surface area contributed by atoms with Gasteiger partial charge in [-0.2, -0.15) is 0 Å². The number of esters is 1. The largest absolute Gasteiger partial charge is 0.480 e. The second-order valence-corrected chi connectivity index (χ2v) is 3.91. The number of carbonyl (C=O) groups excluding carboxylic acids is 2. The molecule has 0 aliphatic carbocycles. The van der Waals surface area contributed by atoms with Crippen LogP contribution in [0.3, 0.4) is 0 Å². The molecule has 1 aliphatic rings. The average Bonchev–Trinajstić information content (AvgIpc) is 2.60. The van der Waals surface area contributed by atoms with E-state index in [-0.39, 0.29) is 12.3 Å². The topological polar surface area (TPSA) is 133 Å². The summed E-state index contributed by atoms with van der Waals surface area (Å²) in [6.07, 6.45) is 0. The standard InChI is InChI=1S/C11H14N2O7/c1-3-20-11(19)6-7(12-4-5(14)15)9(16)13(2)8(6)10(17)18/h8,12H,3-4H2,1-2H3,(H,14,15)(H,17,18). The number of hydrogen-bond donors (Lipinski definition) is 3. The van der Waals surface area contributed by atoms with E-state index in [1.807, 2.05) is 0 Å². The number of amides is 1. The van der Waals surface area contributed by atoms with Crippen molar-refractivity contribution in [2.24, 2.45) is 0 Å². The van der Waals surface area contributed by atoms with Crippen molar-refractivity contribution in [2.75, 3.05) is 20.2 Å². The fourth-order valence-corrected chi connectivity index (χ4v) is 1.79. The fraction of sp³-hybridized carbons (Fsp3) is 0.455. The Kier molecular flexibility index (Phi) is 4.68. The summed E-state index contributed by atoms with van der Waals surface area (Å²) in [4.78, 5) is 46.2. The number of ether oxygens (including phenoxy) is 1. The van der Waals surface area contributed by atoms with Crippen molar-refractivity contribution in [2.45, 2.75) is 13.0 Å². The van der Waals surface area contributed by atoms with Gasteiger partial charge in [-0.25, -0.2) is 9.59 Å². The van der Waals surface area contributed by atoms with Crippen molar-refractivity contribution in [1.82, 2.24) is 10.2 Å². The van der Waals surface area contributed by atoms with Crippen LogP contribution in [0.1, 0.15) is 6.92 Å². The first kappa shape index (κ1) is 15.5. The maximum absolute atomic E-state index is 11.9. The summed E-state index contributed by atoms with van der Waals surface area (Å²) in [6.45, 7) is 0.905. The maximum Gasteiger partial charge on any atom is 0.339 e. The van der Waals surface area contributed by atoms with Gasteiger partial charge in [-0.1, -0.05) is 0 Å². The van der Waals surface area contributed by atoms with Crippen LogP contribution in [0.4, 0.5) is 0 Å². The van der Waals surface area contributed by atoms with Crippen molar-refractivity contribution in [3.63, 3.8) is 0 Å². The van der Waals surface area contributed by atoms with E-state index >= 15 is 0 Å². The van der Waals surface area contributed by atoms with Crippen LogP contribution in [0.25, 0.3) is 0 Å². The molecule has 1 aliphatic heterocycles. The number of carbonyl (C=O) groups is 4. The molecule has 3 N–H and O–H groups in total. The molecule has 0 bridgehead atoms. The van der Waals surface area contributed by atoms with Gasteiger partial charge >= 0.3 is 17.9 Å². The SMILES string of the molecule is CCOC(=O)C1=C(NCC(=O)O)C(=O)N(C)C1C(=O)O. The summed E-state index contributed by atoms with van der Waals surface area (Å²) in [5, 5.41) is 20.0. The molecule has 9 nitrogen and oxygen atoms in total. The molecule has 0 saturated heterocycles. The first-order valence-electron chi connectivity index (χ1n) is 5.68. The number of nitrogens with zero attached hydrogens (tertiary/aromatic N) is 1. The van der Waals surface area contributed by atoms with Gasteiger partial charge in [-0.3, -0.25) is 9.59 Å². The lowest BCUT2D eigenvalue weighted by atomic mass is 10.1. The molecule has 0 aromatic carbocycles. The molecule has 110 valence electrons. The van der Waals surface area contributed by atoms with Crippen molar-refractivity contribution < 1.29 is 34.1 Å². The molecule has 0 aromatic heterocycles. The second kappa shape index (κ2) is 6.04. The molecule has 0 spiro atoms. The molecule has 20 heavy (non-hydrogen) atoms. The van der Waals surface area contributed by atoms with E-state index in [1.165, 1.54) is 14.0 Å². The zero-order valence-corrected chi connectivity index (χ0v) is 10.9. The lowest BCUT2D eigenvalue weighted by Gasteiger charge is -2.17. The van der Waals surface area contributed by atoms with E-state index in [0.29, 0.717) is 0 Å². The molecular formula is C11H14N2O7.